The van der Waals surface area contributed by atoms with Crippen LogP contribution in [0.1, 0.15) is 46.4 Å². The van der Waals surface area contributed by atoms with Gasteiger partial charge in [-0.3, -0.25) is 4.79 Å². The highest BCUT2D eigenvalue weighted by Crippen LogP contribution is 2.38. The molecule has 1 aliphatic heterocycles. The lowest BCUT2D eigenvalue weighted by Crippen LogP contribution is -2.53. The third-order valence-electron chi connectivity index (χ3n) is 4.89. The number of rotatable bonds is 3. The van der Waals surface area contributed by atoms with Gasteiger partial charge in [0.2, 0.25) is 0 Å². The van der Waals surface area contributed by atoms with Crippen molar-refractivity contribution in [3.05, 3.63) is 59.4 Å². The Hall–Kier alpha value is -2.60. The van der Waals surface area contributed by atoms with Crippen LogP contribution in [0.3, 0.4) is 0 Å². The quantitative estimate of drug-likeness (QED) is 0.794. The van der Waals surface area contributed by atoms with Crippen molar-refractivity contribution in [3.8, 4) is 0 Å². The van der Waals surface area contributed by atoms with E-state index in [9.17, 15) is 9.59 Å². The Kier molecular flexibility index (Phi) is 4.87. The second-order valence-corrected chi connectivity index (χ2v) is 6.92. The van der Waals surface area contributed by atoms with Gasteiger partial charge < -0.3 is 18.9 Å². The molecule has 0 aliphatic carbocycles. The Morgan fingerprint density at radius 3 is 2.42 bits per heavy atom. The Balaban J connectivity index is 1.99. The SMILES string of the molecule is COC(=O)c1ccc(C(=O)N2CCOC(C)(C)C2c2ccccc2)n1C. The number of nitrogens with zero attached hydrogens (tertiary/aromatic N) is 2. The molecule has 0 N–H and O–H groups in total. The van der Waals surface area contributed by atoms with E-state index in [-0.39, 0.29) is 11.9 Å². The lowest BCUT2D eigenvalue weighted by atomic mass is 9.88. The van der Waals surface area contributed by atoms with Gasteiger partial charge in [0.25, 0.3) is 5.91 Å². The van der Waals surface area contributed by atoms with Crippen LogP contribution in [0.2, 0.25) is 0 Å². The van der Waals surface area contributed by atoms with Crippen LogP contribution in [0.15, 0.2) is 42.5 Å². The van der Waals surface area contributed by atoms with E-state index in [4.69, 9.17) is 9.47 Å². The van der Waals surface area contributed by atoms with Gasteiger partial charge in [0.05, 0.1) is 25.4 Å². The van der Waals surface area contributed by atoms with E-state index in [1.165, 1.54) is 7.11 Å². The normalized spacial score (nSPS) is 19.2. The van der Waals surface area contributed by atoms with E-state index in [1.54, 1.807) is 23.7 Å². The summed E-state index contributed by atoms with van der Waals surface area (Å²) in [5.74, 6) is -0.596. The van der Waals surface area contributed by atoms with Crippen molar-refractivity contribution < 1.29 is 19.1 Å². The van der Waals surface area contributed by atoms with Gasteiger partial charge >= 0.3 is 5.97 Å². The first-order valence-electron chi connectivity index (χ1n) is 8.60. The van der Waals surface area contributed by atoms with Crippen LogP contribution in [0, 0.1) is 0 Å². The fraction of sp³-hybridized carbons (Fsp3) is 0.400. The number of esters is 1. The molecule has 0 bridgehead atoms. The molecule has 6 nitrogen and oxygen atoms in total. The molecule has 1 atom stereocenters. The maximum atomic E-state index is 13.3. The summed E-state index contributed by atoms with van der Waals surface area (Å²) < 4.78 is 12.3. The summed E-state index contributed by atoms with van der Waals surface area (Å²) in [6.07, 6.45) is 0. The number of carbonyl (C=O) groups excluding carboxylic acids is 2. The average Bonchev–Trinajstić information content (AvgIpc) is 3.01. The topological polar surface area (TPSA) is 60.8 Å². The maximum Gasteiger partial charge on any atom is 0.354 e. The van der Waals surface area contributed by atoms with Crippen molar-refractivity contribution in [1.82, 2.24) is 9.47 Å². The van der Waals surface area contributed by atoms with Gasteiger partial charge in [0.1, 0.15) is 11.4 Å². The first-order valence-corrected chi connectivity index (χ1v) is 8.60. The third kappa shape index (κ3) is 3.12. The van der Waals surface area contributed by atoms with Crippen LogP contribution >= 0.6 is 0 Å². The van der Waals surface area contributed by atoms with E-state index in [0.29, 0.717) is 24.5 Å². The highest BCUT2D eigenvalue weighted by atomic mass is 16.5. The Morgan fingerprint density at radius 1 is 1.12 bits per heavy atom. The van der Waals surface area contributed by atoms with Crippen molar-refractivity contribution in [3.63, 3.8) is 0 Å². The maximum absolute atomic E-state index is 13.3. The molecule has 2 heterocycles. The second-order valence-electron chi connectivity index (χ2n) is 6.92. The molecule has 1 aromatic carbocycles. The lowest BCUT2D eigenvalue weighted by molar-refractivity contribution is -0.116. The number of carbonyl (C=O) groups is 2. The van der Waals surface area contributed by atoms with Gasteiger partial charge in [-0.05, 0) is 31.5 Å². The van der Waals surface area contributed by atoms with Gasteiger partial charge in [-0.2, -0.15) is 0 Å². The Morgan fingerprint density at radius 2 is 1.77 bits per heavy atom. The van der Waals surface area contributed by atoms with Crippen LogP contribution < -0.4 is 0 Å². The molecular formula is C20H24N2O4. The molecule has 1 aliphatic rings. The number of methoxy groups -OCH3 is 1. The molecule has 1 amide bonds. The lowest BCUT2D eigenvalue weighted by Gasteiger charge is -2.46. The monoisotopic (exact) mass is 356 g/mol. The van der Waals surface area contributed by atoms with E-state index in [2.05, 4.69) is 0 Å². The van der Waals surface area contributed by atoms with Crippen LogP contribution in [-0.2, 0) is 16.5 Å². The van der Waals surface area contributed by atoms with Crippen LogP contribution in [-0.4, -0.2) is 47.2 Å². The average molecular weight is 356 g/mol. The molecule has 1 saturated heterocycles. The van der Waals surface area contributed by atoms with Crippen molar-refractivity contribution in [2.24, 2.45) is 7.05 Å². The predicted octanol–water partition coefficient (Wildman–Crippen LogP) is 2.80. The van der Waals surface area contributed by atoms with Crippen LogP contribution in [0.4, 0.5) is 0 Å². The van der Waals surface area contributed by atoms with Gasteiger partial charge in [-0.25, -0.2) is 4.79 Å². The van der Waals surface area contributed by atoms with Crippen molar-refractivity contribution >= 4 is 11.9 Å². The first-order chi connectivity index (χ1) is 12.4. The fourth-order valence-electron chi connectivity index (χ4n) is 3.61. The summed E-state index contributed by atoms with van der Waals surface area (Å²) in [6.45, 7) is 4.95. The summed E-state index contributed by atoms with van der Waals surface area (Å²) in [7, 11) is 3.02. The molecule has 6 heteroatoms. The summed E-state index contributed by atoms with van der Waals surface area (Å²) in [6, 6.07) is 12.9. The largest absolute Gasteiger partial charge is 0.464 e. The first kappa shape index (κ1) is 18.2. The van der Waals surface area contributed by atoms with Crippen LogP contribution in [0.5, 0.6) is 0 Å². The van der Waals surface area contributed by atoms with E-state index in [1.807, 2.05) is 49.1 Å². The molecule has 26 heavy (non-hydrogen) atoms. The fourth-order valence-corrected chi connectivity index (χ4v) is 3.61. The molecule has 0 spiro atoms. The molecule has 0 radical (unpaired) electrons. The van der Waals surface area contributed by atoms with Crippen LogP contribution in [0.25, 0.3) is 0 Å². The summed E-state index contributed by atoms with van der Waals surface area (Å²) in [4.78, 5) is 27.0. The van der Waals surface area contributed by atoms with Gasteiger partial charge in [-0.1, -0.05) is 30.3 Å². The number of morpholine rings is 1. The molecular weight excluding hydrogens is 332 g/mol. The number of hydrogen-bond acceptors (Lipinski definition) is 4. The highest BCUT2D eigenvalue weighted by molar-refractivity contribution is 5.96. The standard InChI is InChI=1S/C20H24N2O4/c1-20(2)17(14-8-6-5-7-9-14)22(12-13-26-20)18(23)15-10-11-16(21(15)3)19(24)25-4/h5-11,17H,12-13H2,1-4H3. The zero-order chi connectivity index (χ0) is 18.9. The third-order valence-corrected chi connectivity index (χ3v) is 4.89. The predicted molar refractivity (Wildman–Crippen MR) is 97.0 cm³/mol. The van der Waals surface area contributed by atoms with E-state index >= 15 is 0 Å². The van der Waals surface area contributed by atoms with Gasteiger partial charge in [-0.15, -0.1) is 0 Å². The van der Waals surface area contributed by atoms with Crippen molar-refractivity contribution in [1.29, 1.82) is 0 Å². The highest BCUT2D eigenvalue weighted by Gasteiger charge is 2.42. The minimum absolute atomic E-state index is 0.132. The summed E-state index contributed by atoms with van der Waals surface area (Å²) in [5, 5.41) is 0. The summed E-state index contributed by atoms with van der Waals surface area (Å²) >= 11 is 0. The molecule has 1 aromatic heterocycles. The van der Waals surface area contributed by atoms with E-state index < -0.39 is 11.6 Å². The zero-order valence-corrected chi connectivity index (χ0v) is 15.6. The number of hydrogen-bond donors (Lipinski definition) is 0. The number of amides is 1. The smallest absolute Gasteiger partial charge is 0.354 e. The summed E-state index contributed by atoms with van der Waals surface area (Å²) in [5.41, 5.74) is 1.29. The molecule has 3 rings (SSSR count). The zero-order valence-electron chi connectivity index (χ0n) is 15.6. The minimum atomic E-state index is -0.522. The minimum Gasteiger partial charge on any atom is -0.464 e. The van der Waals surface area contributed by atoms with Gasteiger partial charge in [0, 0.05) is 13.6 Å². The number of benzene rings is 1. The molecule has 2 aromatic rings. The molecule has 1 fully saturated rings. The Labute approximate surface area is 153 Å². The molecule has 0 saturated carbocycles. The Bertz CT molecular complexity index is 810. The molecule has 138 valence electrons. The molecule has 1 unspecified atom stereocenters. The van der Waals surface area contributed by atoms with Gasteiger partial charge in [0.15, 0.2) is 0 Å². The number of aromatic nitrogens is 1. The number of ether oxygens (including phenoxy) is 2. The van der Waals surface area contributed by atoms with Crippen molar-refractivity contribution in [2.75, 3.05) is 20.3 Å². The second kappa shape index (κ2) is 6.96. The van der Waals surface area contributed by atoms with E-state index in [0.717, 1.165) is 5.56 Å². The van der Waals surface area contributed by atoms with Crippen molar-refractivity contribution in [2.45, 2.75) is 25.5 Å².